The van der Waals surface area contributed by atoms with Crippen LogP contribution in [0.15, 0.2) is 48.5 Å². The second-order valence-corrected chi connectivity index (χ2v) is 6.09. The minimum atomic E-state index is 0.167. The molecule has 1 heterocycles. The molecule has 3 rings (SSSR count). The largest absolute Gasteiger partial charge is 0.364 e. The van der Waals surface area contributed by atoms with E-state index in [1.165, 1.54) is 22.4 Å². The number of nitrogens with zero attached hydrogens (tertiary/aromatic N) is 1. The van der Waals surface area contributed by atoms with Crippen LogP contribution in [-0.2, 0) is 11.2 Å². The molecule has 1 aliphatic rings. The van der Waals surface area contributed by atoms with E-state index in [1.807, 2.05) is 6.92 Å². The Balaban J connectivity index is 1.98. The number of hydrogen-bond acceptors (Lipinski definition) is 2. The third-order valence-electron chi connectivity index (χ3n) is 4.59. The van der Waals surface area contributed by atoms with Crippen LogP contribution in [0.25, 0.3) is 0 Å². The molecule has 2 nitrogen and oxygen atoms in total. The molecule has 0 N–H and O–H groups in total. The van der Waals surface area contributed by atoms with Crippen molar-refractivity contribution in [1.82, 2.24) is 0 Å². The summed E-state index contributed by atoms with van der Waals surface area (Å²) in [6.45, 7) is 5.03. The Labute approximate surface area is 132 Å². The summed E-state index contributed by atoms with van der Waals surface area (Å²) in [4.78, 5) is 14.5. The maximum Gasteiger partial charge on any atom is 0.135 e. The third-order valence-corrected chi connectivity index (χ3v) is 4.59. The van der Waals surface area contributed by atoms with Gasteiger partial charge in [0.25, 0.3) is 0 Å². The maximum atomic E-state index is 12.1. The van der Waals surface area contributed by atoms with Gasteiger partial charge in [-0.05, 0) is 36.6 Å². The van der Waals surface area contributed by atoms with Gasteiger partial charge in [-0.25, -0.2) is 0 Å². The number of hydrogen-bond donors (Lipinski definition) is 0. The van der Waals surface area contributed by atoms with E-state index in [-0.39, 0.29) is 6.04 Å². The molecule has 0 amide bonds. The number of benzene rings is 2. The van der Waals surface area contributed by atoms with Gasteiger partial charge in [-0.2, -0.15) is 0 Å². The van der Waals surface area contributed by atoms with Crippen LogP contribution >= 0.6 is 0 Å². The Morgan fingerprint density at radius 1 is 1.14 bits per heavy atom. The molecule has 1 atom stereocenters. The number of rotatable bonds is 4. The minimum absolute atomic E-state index is 0.167. The zero-order chi connectivity index (χ0) is 15.5. The van der Waals surface area contributed by atoms with Gasteiger partial charge in [-0.1, -0.05) is 48.9 Å². The van der Waals surface area contributed by atoms with E-state index < -0.39 is 0 Å². The quantitative estimate of drug-likeness (QED) is 0.829. The Morgan fingerprint density at radius 2 is 1.86 bits per heavy atom. The monoisotopic (exact) mass is 293 g/mol. The van der Waals surface area contributed by atoms with Gasteiger partial charge in [0.05, 0.1) is 6.04 Å². The standard InChI is InChI=1S/C20H23NO/c1-3-18(22)14-20-19-7-5-4-6-16(19)12-13-21(20)17-10-8-15(2)9-11-17/h4-11,20H,3,12-14H2,1-2H3. The summed E-state index contributed by atoms with van der Waals surface area (Å²) in [5, 5.41) is 0. The summed E-state index contributed by atoms with van der Waals surface area (Å²) in [6.07, 6.45) is 2.25. The summed E-state index contributed by atoms with van der Waals surface area (Å²) in [5.74, 6) is 0.332. The highest BCUT2D eigenvalue weighted by Gasteiger charge is 2.28. The molecule has 0 fully saturated rings. The molecule has 0 spiro atoms. The Hall–Kier alpha value is -2.09. The van der Waals surface area contributed by atoms with Crippen molar-refractivity contribution >= 4 is 11.5 Å². The van der Waals surface area contributed by atoms with Crippen LogP contribution in [0.4, 0.5) is 5.69 Å². The number of carbonyl (C=O) groups excluding carboxylic acids is 1. The minimum Gasteiger partial charge on any atom is -0.364 e. The molecule has 2 aromatic carbocycles. The fraction of sp³-hybridized carbons (Fsp3) is 0.350. The van der Waals surface area contributed by atoms with E-state index >= 15 is 0 Å². The van der Waals surface area contributed by atoms with Gasteiger partial charge >= 0.3 is 0 Å². The number of aryl methyl sites for hydroxylation is 1. The normalized spacial score (nSPS) is 17.2. The van der Waals surface area contributed by atoms with Crippen LogP contribution < -0.4 is 4.90 Å². The highest BCUT2D eigenvalue weighted by atomic mass is 16.1. The van der Waals surface area contributed by atoms with Gasteiger partial charge < -0.3 is 4.90 Å². The molecule has 1 aliphatic heterocycles. The third kappa shape index (κ3) is 2.92. The zero-order valence-electron chi connectivity index (χ0n) is 13.4. The van der Waals surface area contributed by atoms with Crippen LogP contribution in [0.3, 0.4) is 0 Å². The predicted molar refractivity (Wildman–Crippen MR) is 91.3 cm³/mol. The van der Waals surface area contributed by atoms with Crippen LogP contribution in [0, 0.1) is 6.92 Å². The van der Waals surface area contributed by atoms with E-state index in [9.17, 15) is 4.79 Å². The van der Waals surface area contributed by atoms with Crippen molar-refractivity contribution in [3.63, 3.8) is 0 Å². The molecule has 0 radical (unpaired) electrons. The van der Waals surface area contributed by atoms with Crippen molar-refractivity contribution in [2.24, 2.45) is 0 Å². The number of Topliss-reactive ketones (excluding diaryl/α,β-unsaturated/α-hetero) is 1. The van der Waals surface area contributed by atoms with Gasteiger partial charge in [-0.15, -0.1) is 0 Å². The van der Waals surface area contributed by atoms with E-state index in [0.29, 0.717) is 18.6 Å². The zero-order valence-corrected chi connectivity index (χ0v) is 13.4. The van der Waals surface area contributed by atoms with Crippen molar-refractivity contribution in [3.05, 3.63) is 65.2 Å². The Bertz CT molecular complexity index is 660. The number of carbonyl (C=O) groups is 1. The second-order valence-electron chi connectivity index (χ2n) is 6.09. The topological polar surface area (TPSA) is 20.3 Å². The molecular formula is C20H23NO. The number of fused-ring (bicyclic) bond motifs is 1. The summed E-state index contributed by atoms with van der Waals surface area (Å²) in [6, 6.07) is 17.4. The Morgan fingerprint density at radius 3 is 2.59 bits per heavy atom. The predicted octanol–water partition coefficient (Wildman–Crippen LogP) is 4.47. The van der Waals surface area contributed by atoms with Crippen LogP contribution in [-0.4, -0.2) is 12.3 Å². The van der Waals surface area contributed by atoms with Gasteiger partial charge in [0.1, 0.15) is 5.78 Å². The van der Waals surface area contributed by atoms with E-state index in [1.54, 1.807) is 0 Å². The average molecular weight is 293 g/mol. The fourth-order valence-corrected chi connectivity index (χ4v) is 3.28. The molecule has 2 aromatic rings. The average Bonchev–Trinajstić information content (AvgIpc) is 2.56. The summed E-state index contributed by atoms with van der Waals surface area (Å²) >= 11 is 0. The maximum absolute atomic E-state index is 12.1. The molecule has 1 unspecified atom stereocenters. The van der Waals surface area contributed by atoms with E-state index in [4.69, 9.17) is 0 Å². The molecule has 2 heteroatoms. The number of anilines is 1. The summed E-state index contributed by atoms with van der Waals surface area (Å²) in [5.41, 5.74) is 5.19. The molecule has 0 saturated carbocycles. The molecule has 114 valence electrons. The fourth-order valence-electron chi connectivity index (χ4n) is 3.28. The van der Waals surface area contributed by atoms with Gasteiger partial charge in [0.15, 0.2) is 0 Å². The van der Waals surface area contributed by atoms with Gasteiger partial charge in [0, 0.05) is 25.1 Å². The second kappa shape index (κ2) is 6.35. The lowest BCUT2D eigenvalue weighted by Gasteiger charge is -2.39. The first kappa shape index (κ1) is 14.8. The molecule has 0 aromatic heterocycles. The van der Waals surface area contributed by atoms with E-state index in [0.717, 1.165) is 13.0 Å². The first-order valence-corrected chi connectivity index (χ1v) is 8.12. The lowest BCUT2D eigenvalue weighted by atomic mass is 9.89. The highest BCUT2D eigenvalue weighted by Crippen LogP contribution is 2.36. The molecular weight excluding hydrogens is 270 g/mol. The first-order valence-electron chi connectivity index (χ1n) is 8.12. The van der Waals surface area contributed by atoms with Crippen molar-refractivity contribution in [2.75, 3.05) is 11.4 Å². The molecule has 0 saturated heterocycles. The van der Waals surface area contributed by atoms with Crippen molar-refractivity contribution in [1.29, 1.82) is 0 Å². The lowest BCUT2D eigenvalue weighted by Crippen LogP contribution is -2.36. The van der Waals surface area contributed by atoms with Crippen LogP contribution in [0.5, 0.6) is 0 Å². The summed E-state index contributed by atoms with van der Waals surface area (Å²) in [7, 11) is 0. The molecule has 0 bridgehead atoms. The first-order chi connectivity index (χ1) is 10.7. The summed E-state index contributed by atoms with van der Waals surface area (Å²) < 4.78 is 0. The molecule has 22 heavy (non-hydrogen) atoms. The van der Waals surface area contributed by atoms with Crippen LogP contribution in [0.1, 0.15) is 42.5 Å². The highest BCUT2D eigenvalue weighted by molar-refractivity contribution is 5.79. The van der Waals surface area contributed by atoms with Crippen molar-refractivity contribution in [2.45, 2.75) is 39.2 Å². The van der Waals surface area contributed by atoms with E-state index in [2.05, 4.69) is 60.4 Å². The SMILES string of the molecule is CCC(=O)CC1c2ccccc2CCN1c1ccc(C)cc1. The Kier molecular flexibility index (Phi) is 4.28. The van der Waals surface area contributed by atoms with Crippen molar-refractivity contribution < 1.29 is 4.79 Å². The lowest BCUT2D eigenvalue weighted by molar-refractivity contribution is -0.119. The van der Waals surface area contributed by atoms with Crippen molar-refractivity contribution in [3.8, 4) is 0 Å². The van der Waals surface area contributed by atoms with Gasteiger partial charge in [-0.3, -0.25) is 4.79 Å². The van der Waals surface area contributed by atoms with Crippen LogP contribution in [0.2, 0.25) is 0 Å². The van der Waals surface area contributed by atoms with Gasteiger partial charge in [0.2, 0.25) is 0 Å². The molecule has 0 aliphatic carbocycles. The smallest absolute Gasteiger partial charge is 0.135 e. The number of ketones is 1.